The molecule has 19 heavy (non-hydrogen) atoms. The molecule has 1 aromatic rings. The van der Waals surface area contributed by atoms with E-state index in [4.69, 9.17) is 4.42 Å². The summed E-state index contributed by atoms with van der Waals surface area (Å²) in [6.45, 7) is 5.55. The Balaban J connectivity index is 2.28. The molecule has 1 fully saturated rings. The molecule has 0 radical (unpaired) electrons. The first-order chi connectivity index (χ1) is 8.95. The number of sulfonamides is 1. The third-order valence-electron chi connectivity index (χ3n) is 3.51. The predicted molar refractivity (Wildman–Crippen MR) is 73.4 cm³/mol. The molecule has 0 aliphatic carbocycles. The highest BCUT2D eigenvalue weighted by molar-refractivity contribution is 7.89. The topological polar surface area (TPSA) is 62.6 Å². The van der Waals surface area contributed by atoms with Crippen molar-refractivity contribution in [2.24, 2.45) is 5.92 Å². The summed E-state index contributed by atoms with van der Waals surface area (Å²) in [5.74, 6) is 1.56. The minimum atomic E-state index is -3.41. The summed E-state index contributed by atoms with van der Waals surface area (Å²) in [5.41, 5.74) is 0. The van der Waals surface area contributed by atoms with Gasteiger partial charge < -0.3 is 9.73 Å². The fourth-order valence-electron chi connectivity index (χ4n) is 2.55. The highest BCUT2D eigenvalue weighted by Gasteiger charge is 2.31. The summed E-state index contributed by atoms with van der Waals surface area (Å²) < 4.78 is 32.3. The standard InChI is InChI=1S/C13H22N2O3S/c1-10-5-4-6-15(9-10)19(16,17)13-7-12(8-14-3)18-11(13)2/h7,10,14H,4-6,8-9H2,1-3H3. The van der Waals surface area contributed by atoms with Gasteiger partial charge in [0, 0.05) is 19.2 Å². The van der Waals surface area contributed by atoms with Crippen molar-refractivity contribution in [1.82, 2.24) is 9.62 Å². The van der Waals surface area contributed by atoms with Crippen molar-refractivity contribution in [3.63, 3.8) is 0 Å². The highest BCUT2D eigenvalue weighted by atomic mass is 32.2. The molecule has 0 saturated carbocycles. The lowest BCUT2D eigenvalue weighted by atomic mass is 10.0. The minimum Gasteiger partial charge on any atom is -0.464 e. The van der Waals surface area contributed by atoms with Crippen LogP contribution in [0.2, 0.25) is 0 Å². The van der Waals surface area contributed by atoms with Gasteiger partial charge in [-0.1, -0.05) is 6.92 Å². The monoisotopic (exact) mass is 286 g/mol. The second-order valence-electron chi connectivity index (χ2n) is 5.27. The number of piperidine rings is 1. The number of nitrogens with one attached hydrogen (secondary N) is 1. The van der Waals surface area contributed by atoms with Gasteiger partial charge in [0.15, 0.2) is 0 Å². The van der Waals surface area contributed by atoms with Crippen LogP contribution in [-0.4, -0.2) is 32.9 Å². The van der Waals surface area contributed by atoms with Crippen LogP contribution in [0.5, 0.6) is 0 Å². The zero-order chi connectivity index (χ0) is 14.0. The smallest absolute Gasteiger partial charge is 0.246 e. The maximum Gasteiger partial charge on any atom is 0.246 e. The summed E-state index contributed by atoms with van der Waals surface area (Å²) >= 11 is 0. The van der Waals surface area contributed by atoms with Crippen LogP contribution in [0.15, 0.2) is 15.4 Å². The van der Waals surface area contributed by atoms with Crippen LogP contribution in [0.3, 0.4) is 0 Å². The molecule has 1 aliphatic heterocycles. The van der Waals surface area contributed by atoms with Gasteiger partial charge in [-0.15, -0.1) is 0 Å². The first-order valence-electron chi connectivity index (χ1n) is 6.69. The molecule has 108 valence electrons. The van der Waals surface area contributed by atoms with E-state index in [2.05, 4.69) is 12.2 Å². The fourth-order valence-corrected chi connectivity index (χ4v) is 4.33. The molecule has 0 bridgehead atoms. The summed E-state index contributed by atoms with van der Waals surface area (Å²) in [6.07, 6.45) is 2.03. The maximum atomic E-state index is 12.6. The zero-order valence-electron chi connectivity index (χ0n) is 11.8. The Morgan fingerprint density at radius 1 is 1.53 bits per heavy atom. The van der Waals surface area contributed by atoms with Crippen molar-refractivity contribution < 1.29 is 12.8 Å². The summed E-state index contributed by atoms with van der Waals surface area (Å²) in [4.78, 5) is 0.312. The lowest BCUT2D eigenvalue weighted by Gasteiger charge is -2.29. The Labute approximate surface area is 115 Å². The number of rotatable bonds is 4. The van der Waals surface area contributed by atoms with Crippen LogP contribution < -0.4 is 5.32 Å². The molecule has 0 spiro atoms. The van der Waals surface area contributed by atoms with Gasteiger partial charge in [0.05, 0.1) is 6.54 Å². The Morgan fingerprint density at radius 3 is 2.89 bits per heavy atom. The third kappa shape index (κ3) is 3.01. The van der Waals surface area contributed by atoms with E-state index in [0.717, 1.165) is 12.8 Å². The van der Waals surface area contributed by atoms with Gasteiger partial charge in [-0.05, 0) is 32.7 Å². The molecule has 1 aliphatic rings. The quantitative estimate of drug-likeness (QED) is 0.915. The molecular formula is C13H22N2O3S. The van der Waals surface area contributed by atoms with Gasteiger partial charge in [0.2, 0.25) is 10.0 Å². The van der Waals surface area contributed by atoms with Gasteiger partial charge in [-0.3, -0.25) is 0 Å². The molecular weight excluding hydrogens is 264 g/mol. The van der Waals surface area contributed by atoms with Gasteiger partial charge in [-0.2, -0.15) is 4.31 Å². The molecule has 0 amide bonds. The first kappa shape index (κ1) is 14.6. The number of nitrogens with zero attached hydrogens (tertiary/aromatic N) is 1. The minimum absolute atomic E-state index is 0.312. The second-order valence-corrected chi connectivity index (χ2v) is 7.18. The van der Waals surface area contributed by atoms with Crippen molar-refractivity contribution >= 4 is 10.0 Å². The normalized spacial score (nSPS) is 21.7. The number of furan rings is 1. The van der Waals surface area contributed by atoms with E-state index in [1.54, 1.807) is 24.3 Å². The first-order valence-corrected chi connectivity index (χ1v) is 8.13. The lowest BCUT2D eigenvalue weighted by molar-refractivity contribution is 0.281. The average molecular weight is 286 g/mol. The Hall–Kier alpha value is -0.850. The van der Waals surface area contributed by atoms with Crippen LogP contribution >= 0.6 is 0 Å². The van der Waals surface area contributed by atoms with E-state index in [9.17, 15) is 8.42 Å². The lowest BCUT2D eigenvalue weighted by Crippen LogP contribution is -2.39. The number of hydrogen-bond acceptors (Lipinski definition) is 4. The van der Waals surface area contributed by atoms with Crippen molar-refractivity contribution in [2.45, 2.75) is 38.1 Å². The van der Waals surface area contributed by atoms with Crippen molar-refractivity contribution in [2.75, 3.05) is 20.1 Å². The van der Waals surface area contributed by atoms with Crippen molar-refractivity contribution in [3.05, 3.63) is 17.6 Å². The number of hydrogen-bond donors (Lipinski definition) is 1. The van der Waals surface area contributed by atoms with E-state index in [1.807, 2.05) is 0 Å². The van der Waals surface area contributed by atoms with E-state index in [1.165, 1.54) is 0 Å². The van der Waals surface area contributed by atoms with Gasteiger partial charge in [0.1, 0.15) is 16.4 Å². The Morgan fingerprint density at radius 2 is 2.26 bits per heavy atom. The van der Waals surface area contributed by atoms with Crippen LogP contribution in [-0.2, 0) is 16.6 Å². The third-order valence-corrected chi connectivity index (χ3v) is 5.48. The number of aryl methyl sites for hydroxylation is 1. The van der Waals surface area contributed by atoms with Gasteiger partial charge in [-0.25, -0.2) is 8.42 Å². The Kier molecular flexibility index (Phi) is 4.32. The van der Waals surface area contributed by atoms with E-state index in [0.29, 0.717) is 42.0 Å². The van der Waals surface area contributed by atoms with Crippen molar-refractivity contribution in [3.8, 4) is 0 Å². The molecule has 0 aromatic carbocycles. The van der Waals surface area contributed by atoms with E-state index in [-0.39, 0.29) is 0 Å². The molecule has 1 saturated heterocycles. The second kappa shape index (κ2) is 5.64. The van der Waals surface area contributed by atoms with E-state index < -0.39 is 10.0 Å². The van der Waals surface area contributed by atoms with Crippen LogP contribution in [0, 0.1) is 12.8 Å². The molecule has 1 N–H and O–H groups in total. The van der Waals surface area contributed by atoms with Gasteiger partial charge >= 0.3 is 0 Å². The summed E-state index contributed by atoms with van der Waals surface area (Å²) in [5, 5.41) is 2.96. The van der Waals surface area contributed by atoms with Crippen LogP contribution in [0.25, 0.3) is 0 Å². The van der Waals surface area contributed by atoms with Gasteiger partial charge in [0.25, 0.3) is 0 Å². The molecule has 1 atom stereocenters. The SMILES string of the molecule is CNCc1cc(S(=O)(=O)N2CCCC(C)C2)c(C)o1. The van der Waals surface area contributed by atoms with Crippen LogP contribution in [0.4, 0.5) is 0 Å². The highest BCUT2D eigenvalue weighted by Crippen LogP contribution is 2.27. The van der Waals surface area contributed by atoms with Crippen molar-refractivity contribution in [1.29, 1.82) is 0 Å². The molecule has 2 rings (SSSR count). The zero-order valence-corrected chi connectivity index (χ0v) is 12.6. The molecule has 6 heteroatoms. The summed E-state index contributed by atoms with van der Waals surface area (Å²) in [6, 6.07) is 1.64. The fraction of sp³-hybridized carbons (Fsp3) is 0.692. The molecule has 1 unspecified atom stereocenters. The Bertz CT molecular complexity index is 536. The average Bonchev–Trinajstić information content (AvgIpc) is 2.71. The largest absolute Gasteiger partial charge is 0.464 e. The predicted octanol–water partition coefficient (Wildman–Crippen LogP) is 1.73. The molecule has 2 heterocycles. The van der Waals surface area contributed by atoms with Crippen LogP contribution in [0.1, 0.15) is 31.3 Å². The maximum absolute atomic E-state index is 12.6. The molecule has 1 aromatic heterocycles. The summed E-state index contributed by atoms with van der Waals surface area (Å²) in [7, 11) is -1.61. The van der Waals surface area contributed by atoms with E-state index >= 15 is 0 Å². The molecule has 5 nitrogen and oxygen atoms in total.